The van der Waals surface area contributed by atoms with Gasteiger partial charge >= 0.3 is 0 Å². The second kappa shape index (κ2) is 6.86. The van der Waals surface area contributed by atoms with Crippen molar-refractivity contribution < 1.29 is 0 Å². The third-order valence-corrected chi connectivity index (χ3v) is 3.26. The fourth-order valence-electron chi connectivity index (χ4n) is 1.16. The van der Waals surface area contributed by atoms with Gasteiger partial charge in [0.1, 0.15) is 0 Å². The van der Waals surface area contributed by atoms with E-state index in [0.717, 1.165) is 11.5 Å². The summed E-state index contributed by atoms with van der Waals surface area (Å²) < 4.78 is 0. The average molecular weight is 276 g/mol. The molecule has 1 aromatic heterocycles. The van der Waals surface area contributed by atoms with Gasteiger partial charge < -0.3 is 10.2 Å². The molecule has 1 unspecified atom stereocenters. The van der Waals surface area contributed by atoms with Crippen molar-refractivity contribution in [2.45, 2.75) is 19.9 Å². The van der Waals surface area contributed by atoms with Crippen LogP contribution in [0.25, 0.3) is 0 Å². The van der Waals surface area contributed by atoms with E-state index in [0.29, 0.717) is 17.9 Å². The third kappa shape index (κ3) is 4.95. The van der Waals surface area contributed by atoms with Crippen LogP contribution in [0.5, 0.6) is 0 Å². The van der Waals surface area contributed by atoms with E-state index in [-0.39, 0.29) is 5.28 Å². The Labute approximate surface area is 111 Å². The first-order chi connectivity index (χ1) is 8.02. The molecule has 1 aromatic rings. The Hall–Kier alpha value is -0.750. The number of rotatable bonds is 6. The van der Waals surface area contributed by atoms with E-state index in [2.05, 4.69) is 34.1 Å². The van der Waals surface area contributed by atoms with Crippen LogP contribution in [0, 0.1) is 0 Å². The van der Waals surface area contributed by atoms with Crippen LogP contribution in [-0.2, 0) is 0 Å². The highest BCUT2D eigenvalue weighted by atomic mass is 35.5. The van der Waals surface area contributed by atoms with Gasteiger partial charge in [-0.3, -0.25) is 0 Å². The Bertz CT molecular complexity index is 361. The number of halogens is 1. The Morgan fingerprint density at radius 1 is 1.35 bits per heavy atom. The predicted molar refractivity (Wildman–Crippen MR) is 75.2 cm³/mol. The van der Waals surface area contributed by atoms with E-state index in [1.54, 1.807) is 4.90 Å². The standard InChI is InChI=1S/C10H18ClN5S/c1-5-17-6-7(2)12-9-13-8(11)14-10(15-9)16(3)4/h7H,5-6H2,1-4H3,(H,12,13,14,15). The van der Waals surface area contributed by atoms with Gasteiger partial charge in [-0.15, -0.1) is 0 Å². The number of aromatic nitrogens is 3. The maximum absolute atomic E-state index is 5.85. The minimum Gasteiger partial charge on any atom is -0.351 e. The van der Waals surface area contributed by atoms with Crippen LogP contribution in [0.4, 0.5) is 11.9 Å². The summed E-state index contributed by atoms with van der Waals surface area (Å²) in [6.07, 6.45) is 0. The fraction of sp³-hybridized carbons (Fsp3) is 0.700. The van der Waals surface area contributed by atoms with Gasteiger partial charge in [-0.05, 0) is 24.3 Å². The first kappa shape index (κ1) is 14.3. The van der Waals surface area contributed by atoms with Gasteiger partial charge in [0.25, 0.3) is 0 Å². The number of hydrogen-bond acceptors (Lipinski definition) is 6. The topological polar surface area (TPSA) is 53.9 Å². The van der Waals surface area contributed by atoms with Gasteiger partial charge in [-0.1, -0.05) is 6.92 Å². The summed E-state index contributed by atoms with van der Waals surface area (Å²) in [4.78, 5) is 14.2. The van der Waals surface area contributed by atoms with Crippen molar-refractivity contribution in [2.24, 2.45) is 0 Å². The van der Waals surface area contributed by atoms with E-state index < -0.39 is 0 Å². The second-order valence-corrected chi connectivity index (χ2v) is 5.48. The summed E-state index contributed by atoms with van der Waals surface area (Å²) in [5.74, 6) is 3.20. The van der Waals surface area contributed by atoms with Gasteiger partial charge in [-0.2, -0.15) is 26.7 Å². The maximum Gasteiger partial charge on any atom is 0.230 e. The van der Waals surface area contributed by atoms with Crippen molar-refractivity contribution in [3.63, 3.8) is 0 Å². The zero-order valence-corrected chi connectivity index (χ0v) is 12.1. The molecule has 0 spiro atoms. The highest BCUT2D eigenvalue weighted by Crippen LogP contribution is 2.13. The second-order valence-electron chi connectivity index (χ2n) is 3.83. The summed E-state index contributed by atoms with van der Waals surface area (Å²) in [6.45, 7) is 4.23. The minimum absolute atomic E-state index is 0.210. The summed E-state index contributed by atoms with van der Waals surface area (Å²) in [7, 11) is 3.73. The molecule has 5 nitrogen and oxygen atoms in total. The van der Waals surface area contributed by atoms with Gasteiger partial charge in [0.05, 0.1) is 0 Å². The van der Waals surface area contributed by atoms with Crippen molar-refractivity contribution in [1.29, 1.82) is 0 Å². The Morgan fingerprint density at radius 3 is 2.65 bits per heavy atom. The normalized spacial score (nSPS) is 12.3. The molecular formula is C10H18ClN5S. The molecule has 1 rings (SSSR count). The SMILES string of the molecule is CCSCC(C)Nc1nc(Cl)nc(N(C)C)n1. The van der Waals surface area contributed by atoms with Gasteiger partial charge in [-0.25, -0.2) is 0 Å². The Kier molecular flexibility index (Phi) is 5.77. The third-order valence-electron chi connectivity index (χ3n) is 1.94. The maximum atomic E-state index is 5.85. The summed E-state index contributed by atoms with van der Waals surface area (Å²) in [6, 6.07) is 0.299. The van der Waals surface area contributed by atoms with E-state index in [1.807, 2.05) is 25.9 Å². The number of thioether (sulfide) groups is 1. The van der Waals surface area contributed by atoms with Crippen LogP contribution in [0.3, 0.4) is 0 Å². The molecule has 0 radical (unpaired) electrons. The number of anilines is 2. The van der Waals surface area contributed by atoms with Crippen molar-refractivity contribution >= 4 is 35.3 Å². The van der Waals surface area contributed by atoms with Crippen LogP contribution in [0.1, 0.15) is 13.8 Å². The molecule has 0 aromatic carbocycles. The fourth-order valence-corrected chi connectivity index (χ4v) is 1.99. The van der Waals surface area contributed by atoms with Gasteiger partial charge in [0, 0.05) is 25.9 Å². The lowest BCUT2D eigenvalue weighted by molar-refractivity contribution is 0.868. The minimum atomic E-state index is 0.210. The Balaban J connectivity index is 2.70. The Morgan fingerprint density at radius 2 is 2.06 bits per heavy atom. The summed E-state index contributed by atoms with van der Waals surface area (Å²) >= 11 is 7.72. The van der Waals surface area contributed by atoms with E-state index in [1.165, 1.54) is 0 Å². The highest BCUT2D eigenvalue weighted by molar-refractivity contribution is 7.99. The van der Waals surface area contributed by atoms with Crippen LogP contribution in [0.15, 0.2) is 0 Å². The zero-order chi connectivity index (χ0) is 12.8. The van der Waals surface area contributed by atoms with Crippen LogP contribution in [-0.4, -0.2) is 46.6 Å². The van der Waals surface area contributed by atoms with Crippen molar-refractivity contribution in [3.05, 3.63) is 5.28 Å². The van der Waals surface area contributed by atoms with Crippen LogP contribution < -0.4 is 10.2 Å². The van der Waals surface area contributed by atoms with Crippen LogP contribution in [0.2, 0.25) is 5.28 Å². The first-order valence-electron chi connectivity index (χ1n) is 5.46. The highest BCUT2D eigenvalue weighted by Gasteiger charge is 2.09. The molecule has 0 fully saturated rings. The zero-order valence-electron chi connectivity index (χ0n) is 10.6. The molecule has 1 N–H and O–H groups in total. The largest absolute Gasteiger partial charge is 0.351 e. The molecule has 17 heavy (non-hydrogen) atoms. The first-order valence-corrected chi connectivity index (χ1v) is 6.99. The molecule has 0 aliphatic carbocycles. The average Bonchev–Trinajstić information content (AvgIpc) is 2.25. The van der Waals surface area contributed by atoms with Gasteiger partial charge in [0.15, 0.2) is 0 Å². The monoisotopic (exact) mass is 275 g/mol. The van der Waals surface area contributed by atoms with Crippen molar-refractivity contribution in [2.75, 3.05) is 35.8 Å². The molecule has 0 aliphatic heterocycles. The lowest BCUT2D eigenvalue weighted by Crippen LogP contribution is -2.21. The van der Waals surface area contributed by atoms with Crippen molar-refractivity contribution in [1.82, 2.24) is 15.0 Å². The summed E-state index contributed by atoms with van der Waals surface area (Å²) in [5, 5.41) is 3.43. The lowest BCUT2D eigenvalue weighted by Gasteiger charge is -2.15. The predicted octanol–water partition coefficient (Wildman–Crippen LogP) is 2.14. The van der Waals surface area contributed by atoms with E-state index in [4.69, 9.17) is 11.6 Å². The molecule has 0 saturated carbocycles. The quantitative estimate of drug-likeness (QED) is 0.859. The molecule has 1 heterocycles. The number of nitrogens with zero attached hydrogens (tertiary/aromatic N) is 4. The number of hydrogen-bond donors (Lipinski definition) is 1. The van der Waals surface area contributed by atoms with Crippen LogP contribution >= 0.6 is 23.4 Å². The van der Waals surface area contributed by atoms with Crippen molar-refractivity contribution in [3.8, 4) is 0 Å². The van der Waals surface area contributed by atoms with E-state index in [9.17, 15) is 0 Å². The molecule has 0 amide bonds. The smallest absolute Gasteiger partial charge is 0.230 e. The lowest BCUT2D eigenvalue weighted by atomic mass is 10.4. The molecule has 0 saturated heterocycles. The number of nitrogens with one attached hydrogen (secondary N) is 1. The molecule has 1 atom stereocenters. The molecule has 0 bridgehead atoms. The van der Waals surface area contributed by atoms with Gasteiger partial charge in [0.2, 0.25) is 17.2 Å². The molecule has 96 valence electrons. The molecule has 7 heteroatoms. The summed E-state index contributed by atoms with van der Waals surface area (Å²) in [5.41, 5.74) is 0. The van der Waals surface area contributed by atoms with E-state index >= 15 is 0 Å². The molecule has 0 aliphatic rings. The molecular weight excluding hydrogens is 258 g/mol.